The average Bonchev–Trinajstić information content (AvgIpc) is 3.23. The Bertz CT molecular complexity index is 785. The van der Waals surface area contributed by atoms with E-state index in [0.29, 0.717) is 13.0 Å². The van der Waals surface area contributed by atoms with Gasteiger partial charge < -0.3 is 18.6 Å². The number of carbonyl (C=O) groups is 3. The van der Waals surface area contributed by atoms with E-state index in [1.54, 1.807) is 12.5 Å². The van der Waals surface area contributed by atoms with E-state index in [1.807, 2.05) is 13.0 Å². The summed E-state index contributed by atoms with van der Waals surface area (Å²) >= 11 is 0. The minimum absolute atomic E-state index is 0.0559. The minimum Gasteiger partial charge on any atom is -0.472 e. The van der Waals surface area contributed by atoms with E-state index in [2.05, 4.69) is 0 Å². The lowest BCUT2D eigenvalue weighted by atomic mass is 9.48. The van der Waals surface area contributed by atoms with Gasteiger partial charge in [-0.15, -0.1) is 0 Å². The highest BCUT2D eigenvalue weighted by Gasteiger charge is 2.61. The summed E-state index contributed by atoms with van der Waals surface area (Å²) in [5.41, 5.74) is 0.445. The second-order valence-electron chi connectivity index (χ2n) is 8.87. The third kappa shape index (κ3) is 3.39. The number of furan rings is 1. The van der Waals surface area contributed by atoms with Crippen LogP contribution in [0.2, 0.25) is 0 Å². The van der Waals surface area contributed by atoms with E-state index in [1.165, 1.54) is 14.0 Å². The molecule has 2 unspecified atom stereocenters. The van der Waals surface area contributed by atoms with Crippen LogP contribution in [0.3, 0.4) is 0 Å². The van der Waals surface area contributed by atoms with Crippen LogP contribution in [-0.2, 0) is 28.6 Å². The van der Waals surface area contributed by atoms with E-state index >= 15 is 0 Å². The summed E-state index contributed by atoms with van der Waals surface area (Å²) in [6.45, 7) is 3.89. The van der Waals surface area contributed by atoms with Gasteiger partial charge in [-0.3, -0.25) is 14.4 Å². The van der Waals surface area contributed by atoms with Crippen molar-refractivity contribution in [2.75, 3.05) is 13.7 Å². The van der Waals surface area contributed by atoms with Crippen LogP contribution in [0.25, 0.3) is 0 Å². The third-order valence-corrected chi connectivity index (χ3v) is 7.37. The van der Waals surface area contributed by atoms with Crippen molar-refractivity contribution in [3.05, 3.63) is 24.2 Å². The molecule has 7 atom stereocenters. The molecule has 2 heterocycles. The lowest BCUT2D eigenvalue weighted by Gasteiger charge is -2.56. The predicted molar refractivity (Wildman–Crippen MR) is 101 cm³/mol. The fraction of sp³-hybridized carbons (Fsp3) is 0.682. The SMILES string of the molecule is COC(=O)[C@@H]1C[C@H](OC(C)=O)C(=O)[C@@H]2C3C[C@@H](c4ccoc4)OCC3CC[C@]21C. The third-order valence-electron chi connectivity index (χ3n) is 7.37. The van der Waals surface area contributed by atoms with E-state index in [-0.39, 0.29) is 42.0 Å². The summed E-state index contributed by atoms with van der Waals surface area (Å²) in [6.07, 6.45) is 4.76. The zero-order valence-electron chi connectivity index (χ0n) is 17.1. The molecule has 7 nitrogen and oxygen atoms in total. The molecule has 1 aromatic heterocycles. The first-order chi connectivity index (χ1) is 13.8. The van der Waals surface area contributed by atoms with Gasteiger partial charge in [-0.25, -0.2) is 0 Å². The number of Topliss-reactive ketones (excluding diaryl/α,β-unsaturated/α-hetero) is 1. The standard InChI is InChI=1S/C22H28O7/c1-12(23)29-18-9-16(21(25)26-3)22(2)6-4-13-11-28-17(14-5-7-27-10-14)8-15(13)19(22)20(18)24/h5,7,10,13,15-19H,4,6,8-9,11H2,1-3H3/t13?,15?,16-,17-,18-,19-,22-/m0/s1. The number of hydrogen-bond donors (Lipinski definition) is 0. The highest BCUT2D eigenvalue weighted by Crippen LogP contribution is 2.59. The molecule has 3 aliphatic rings. The van der Waals surface area contributed by atoms with E-state index in [0.717, 1.165) is 18.4 Å². The van der Waals surface area contributed by atoms with Gasteiger partial charge in [0.05, 0.1) is 38.3 Å². The molecule has 7 heteroatoms. The second kappa shape index (κ2) is 7.59. The molecule has 1 saturated heterocycles. The maximum atomic E-state index is 13.5. The minimum atomic E-state index is -0.899. The smallest absolute Gasteiger partial charge is 0.309 e. The van der Waals surface area contributed by atoms with Crippen LogP contribution in [-0.4, -0.2) is 37.5 Å². The fourth-order valence-corrected chi connectivity index (χ4v) is 5.95. The van der Waals surface area contributed by atoms with Crippen LogP contribution < -0.4 is 0 Å². The number of rotatable bonds is 3. The fourth-order valence-electron chi connectivity index (χ4n) is 5.95. The topological polar surface area (TPSA) is 92.0 Å². The first-order valence-electron chi connectivity index (χ1n) is 10.3. The van der Waals surface area contributed by atoms with Crippen molar-refractivity contribution in [3.8, 4) is 0 Å². The monoisotopic (exact) mass is 404 g/mol. The lowest BCUT2D eigenvalue weighted by Crippen LogP contribution is -2.60. The summed E-state index contributed by atoms with van der Waals surface area (Å²) < 4.78 is 21.7. The Balaban J connectivity index is 1.69. The number of carbonyl (C=O) groups excluding carboxylic acids is 3. The molecule has 158 valence electrons. The summed E-state index contributed by atoms with van der Waals surface area (Å²) in [5.74, 6) is -1.46. The maximum absolute atomic E-state index is 13.5. The van der Waals surface area contributed by atoms with Gasteiger partial charge in [-0.1, -0.05) is 6.92 Å². The van der Waals surface area contributed by atoms with E-state index in [9.17, 15) is 14.4 Å². The molecule has 0 bridgehead atoms. The van der Waals surface area contributed by atoms with Crippen LogP contribution >= 0.6 is 0 Å². The Morgan fingerprint density at radius 2 is 2.07 bits per heavy atom. The Kier molecular flexibility index (Phi) is 5.27. The molecule has 0 N–H and O–H groups in total. The number of esters is 2. The van der Waals surface area contributed by atoms with Crippen LogP contribution in [0.5, 0.6) is 0 Å². The average molecular weight is 404 g/mol. The van der Waals surface area contributed by atoms with Gasteiger partial charge in [0.2, 0.25) is 0 Å². The summed E-state index contributed by atoms with van der Waals surface area (Å²) in [7, 11) is 1.37. The van der Waals surface area contributed by atoms with Crippen LogP contribution in [0.15, 0.2) is 23.0 Å². The molecular formula is C22H28O7. The number of methoxy groups -OCH3 is 1. The van der Waals surface area contributed by atoms with Gasteiger partial charge in [-0.2, -0.15) is 0 Å². The van der Waals surface area contributed by atoms with Crippen molar-refractivity contribution >= 4 is 17.7 Å². The Morgan fingerprint density at radius 3 is 2.72 bits per heavy atom. The Morgan fingerprint density at radius 1 is 1.28 bits per heavy atom. The molecule has 0 amide bonds. The Hall–Kier alpha value is -2.15. The summed E-state index contributed by atoms with van der Waals surface area (Å²) in [4.78, 5) is 37.8. The maximum Gasteiger partial charge on any atom is 0.309 e. The van der Waals surface area contributed by atoms with Gasteiger partial charge in [0.1, 0.15) is 0 Å². The van der Waals surface area contributed by atoms with Crippen LogP contribution in [0, 0.1) is 29.1 Å². The molecule has 2 aliphatic carbocycles. The largest absolute Gasteiger partial charge is 0.472 e. The number of ketones is 1. The van der Waals surface area contributed by atoms with Gasteiger partial charge in [0.25, 0.3) is 0 Å². The number of fused-ring (bicyclic) bond motifs is 3. The number of ether oxygens (including phenoxy) is 3. The Labute approximate surface area is 170 Å². The van der Waals surface area contributed by atoms with Crippen molar-refractivity contribution in [3.63, 3.8) is 0 Å². The van der Waals surface area contributed by atoms with Crippen molar-refractivity contribution in [2.45, 2.75) is 51.7 Å². The molecule has 4 rings (SSSR count). The second-order valence-corrected chi connectivity index (χ2v) is 8.87. The van der Waals surface area contributed by atoms with Crippen LogP contribution in [0.4, 0.5) is 0 Å². The normalized spacial score (nSPS) is 39.2. The number of hydrogen-bond acceptors (Lipinski definition) is 7. The van der Waals surface area contributed by atoms with Crippen molar-refractivity contribution < 1.29 is 33.0 Å². The van der Waals surface area contributed by atoms with Crippen molar-refractivity contribution in [1.82, 2.24) is 0 Å². The summed E-state index contributed by atoms with van der Waals surface area (Å²) in [5, 5.41) is 0. The summed E-state index contributed by atoms with van der Waals surface area (Å²) in [6, 6.07) is 1.88. The highest BCUT2D eigenvalue weighted by atomic mass is 16.5. The molecule has 3 fully saturated rings. The van der Waals surface area contributed by atoms with Gasteiger partial charge in [0.15, 0.2) is 11.9 Å². The van der Waals surface area contributed by atoms with Gasteiger partial charge >= 0.3 is 11.9 Å². The lowest BCUT2D eigenvalue weighted by molar-refractivity contribution is -0.189. The van der Waals surface area contributed by atoms with Crippen molar-refractivity contribution in [2.24, 2.45) is 29.1 Å². The zero-order valence-corrected chi connectivity index (χ0v) is 17.1. The van der Waals surface area contributed by atoms with Crippen molar-refractivity contribution in [1.29, 1.82) is 0 Å². The zero-order chi connectivity index (χ0) is 20.8. The molecule has 0 radical (unpaired) electrons. The molecule has 0 aromatic carbocycles. The predicted octanol–water partition coefficient (Wildman–Crippen LogP) is 3.08. The quantitative estimate of drug-likeness (QED) is 0.715. The van der Waals surface area contributed by atoms with Gasteiger partial charge in [0, 0.05) is 24.8 Å². The van der Waals surface area contributed by atoms with Gasteiger partial charge in [-0.05, 0) is 42.6 Å². The van der Waals surface area contributed by atoms with E-state index in [4.69, 9.17) is 18.6 Å². The molecule has 1 aromatic rings. The van der Waals surface area contributed by atoms with E-state index < -0.39 is 23.4 Å². The highest BCUT2D eigenvalue weighted by molar-refractivity contribution is 5.91. The molecule has 1 aliphatic heterocycles. The first kappa shape index (κ1) is 20.1. The molecule has 0 spiro atoms. The van der Waals surface area contributed by atoms with Crippen LogP contribution in [0.1, 0.15) is 51.2 Å². The molecule has 2 saturated carbocycles. The first-order valence-corrected chi connectivity index (χ1v) is 10.3. The molecular weight excluding hydrogens is 376 g/mol. The molecule has 29 heavy (non-hydrogen) atoms.